The van der Waals surface area contributed by atoms with Gasteiger partial charge in [0.15, 0.2) is 11.8 Å². The van der Waals surface area contributed by atoms with Crippen LogP contribution in [0.15, 0.2) is 36.5 Å². The second kappa shape index (κ2) is 8.34. The van der Waals surface area contributed by atoms with Gasteiger partial charge in [-0.2, -0.15) is 5.10 Å². The molecule has 30 heavy (non-hydrogen) atoms. The fourth-order valence-corrected chi connectivity index (χ4v) is 4.04. The molecule has 2 aromatic heterocycles. The Kier molecular flexibility index (Phi) is 5.61. The van der Waals surface area contributed by atoms with Crippen LogP contribution in [-0.2, 0) is 18.4 Å². The van der Waals surface area contributed by atoms with Gasteiger partial charge in [0.05, 0.1) is 17.9 Å². The van der Waals surface area contributed by atoms with E-state index in [1.165, 1.54) is 0 Å². The smallest absolute Gasteiger partial charge is 0.263 e. The van der Waals surface area contributed by atoms with E-state index >= 15 is 0 Å². The molecular weight excluding hydrogens is 378 g/mol. The molecule has 0 saturated heterocycles. The third-order valence-corrected chi connectivity index (χ3v) is 5.78. The summed E-state index contributed by atoms with van der Waals surface area (Å²) in [6.45, 7) is 7.30. The molecule has 0 fully saturated rings. The van der Waals surface area contributed by atoms with E-state index in [4.69, 9.17) is 4.74 Å². The van der Waals surface area contributed by atoms with Gasteiger partial charge in [-0.15, -0.1) is 0 Å². The molecule has 1 aromatic carbocycles. The number of nitrogens with one attached hydrogen (secondary N) is 1. The molecule has 7 heteroatoms. The van der Waals surface area contributed by atoms with Crippen LogP contribution >= 0.6 is 0 Å². The van der Waals surface area contributed by atoms with Crippen molar-refractivity contribution >= 4 is 22.6 Å². The van der Waals surface area contributed by atoms with E-state index in [1.807, 2.05) is 44.4 Å². The summed E-state index contributed by atoms with van der Waals surface area (Å²) in [4.78, 5) is 19.7. The molecule has 158 valence electrons. The van der Waals surface area contributed by atoms with Crippen LogP contribution in [-0.4, -0.2) is 39.4 Å². The maximum absolute atomic E-state index is 12.9. The Bertz CT molecular complexity index is 1060. The van der Waals surface area contributed by atoms with Crippen molar-refractivity contribution in [2.24, 2.45) is 7.05 Å². The SMILES string of the molecule is CCC(CC)NC(=O)C1CN(Cc2cnc3c(c2)c(C)nn3C)c2ccccc2O1. The van der Waals surface area contributed by atoms with Gasteiger partial charge in [0.2, 0.25) is 0 Å². The lowest BCUT2D eigenvalue weighted by Gasteiger charge is -2.36. The normalized spacial score (nSPS) is 15.9. The Morgan fingerprint density at radius 3 is 2.83 bits per heavy atom. The monoisotopic (exact) mass is 407 g/mol. The highest BCUT2D eigenvalue weighted by atomic mass is 16.5. The maximum atomic E-state index is 12.9. The van der Waals surface area contributed by atoms with Crippen LogP contribution < -0.4 is 15.0 Å². The molecule has 1 N–H and O–H groups in total. The highest BCUT2D eigenvalue weighted by Gasteiger charge is 2.31. The number of benzene rings is 1. The third kappa shape index (κ3) is 3.84. The number of aryl methyl sites for hydroxylation is 2. The number of carbonyl (C=O) groups excluding carboxylic acids is 1. The molecule has 0 bridgehead atoms. The van der Waals surface area contributed by atoms with Crippen LogP contribution in [0.5, 0.6) is 5.75 Å². The molecule has 1 aliphatic heterocycles. The number of para-hydroxylation sites is 2. The van der Waals surface area contributed by atoms with Crippen molar-refractivity contribution in [1.82, 2.24) is 20.1 Å². The van der Waals surface area contributed by atoms with Gasteiger partial charge in [-0.3, -0.25) is 9.48 Å². The van der Waals surface area contributed by atoms with Crippen LogP contribution in [0, 0.1) is 6.92 Å². The van der Waals surface area contributed by atoms with E-state index in [9.17, 15) is 4.79 Å². The zero-order valence-corrected chi connectivity index (χ0v) is 18.1. The standard InChI is InChI=1S/C23H29N5O2/c1-5-17(6-2)25-23(29)21-14-28(19-9-7-8-10-20(19)30-21)13-16-11-18-15(3)26-27(4)22(18)24-12-16/h7-12,17,21H,5-6,13-14H2,1-4H3,(H,25,29). The molecule has 1 atom stereocenters. The van der Waals surface area contributed by atoms with Gasteiger partial charge in [-0.25, -0.2) is 4.98 Å². The molecule has 1 amide bonds. The molecule has 0 aliphatic carbocycles. The first-order valence-corrected chi connectivity index (χ1v) is 10.6. The summed E-state index contributed by atoms with van der Waals surface area (Å²) >= 11 is 0. The second-order valence-electron chi connectivity index (χ2n) is 7.90. The largest absolute Gasteiger partial charge is 0.477 e. The molecule has 3 aromatic rings. The van der Waals surface area contributed by atoms with E-state index in [0.29, 0.717) is 13.1 Å². The Hall–Kier alpha value is -3.09. The number of rotatable bonds is 6. The lowest BCUT2D eigenvalue weighted by atomic mass is 10.1. The number of anilines is 1. The van der Waals surface area contributed by atoms with Gasteiger partial charge in [-0.1, -0.05) is 26.0 Å². The Balaban J connectivity index is 1.60. The summed E-state index contributed by atoms with van der Waals surface area (Å²) in [5, 5.41) is 8.64. The van der Waals surface area contributed by atoms with E-state index in [-0.39, 0.29) is 11.9 Å². The van der Waals surface area contributed by atoms with Crippen molar-refractivity contribution in [2.45, 2.75) is 52.3 Å². The zero-order chi connectivity index (χ0) is 21.3. The fraction of sp³-hybridized carbons (Fsp3) is 0.435. The Labute approximate surface area is 177 Å². The van der Waals surface area contributed by atoms with Gasteiger partial charge >= 0.3 is 0 Å². The number of nitrogens with zero attached hydrogens (tertiary/aromatic N) is 4. The van der Waals surface area contributed by atoms with Crippen molar-refractivity contribution in [3.05, 3.63) is 47.8 Å². The molecule has 3 heterocycles. The van der Waals surface area contributed by atoms with Gasteiger partial charge < -0.3 is 15.0 Å². The van der Waals surface area contributed by atoms with Gasteiger partial charge in [-0.05, 0) is 43.5 Å². The predicted molar refractivity (Wildman–Crippen MR) is 118 cm³/mol. The maximum Gasteiger partial charge on any atom is 0.263 e. The van der Waals surface area contributed by atoms with Crippen LogP contribution in [0.4, 0.5) is 5.69 Å². The van der Waals surface area contributed by atoms with Crippen molar-refractivity contribution in [3.8, 4) is 5.75 Å². The van der Waals surface area contributed by atoms with Crippen molar-refractivity contribution < 1.29 is 9.53 Å². The van der Waals surface area contributed by atoms with Crippen LogP contribution in [0.3, 0.4) is 0 Å². The summed E-state index contributed by atoms with van der Waals surface area (Å²) in [6, 6.07) is 10.2. The number of carbonyl (C=O) groups is 1. The summed E-state index contributed by atoms with van der Waals surface area (Å²) in [6.07, 6.45) is 3.16. The molecule has 1 aliphatic rings. The molecule has 4 rings (SSSR count). The number of amides is 1. The third-order valence-electron chi connectivity index (χ3n) is 5.78. The first-order chi connectivity index (χ1) is 14.5. The Morgan fingerprint density at radius 1 is 1.30 bits per heavy atom. The molecule has 1 unspecified atom stereocenters. The van der Waals surface area contributed by atoms with Crippen molar-refractivity contribution in [1.29, 1.82) is 0 Å². The first kappa shape index (κ1) is 20.2. The summed E-state index contributed by atoms with van der Waals surface area (Å²) in [5.74, 6) is 0.680. The highest BCUT2D eigenvalue weighted by Crippen LogP contribution is 2.34. The lowest BCUT2D eigenvalue weighted by Crippen LogP contribution is -2.50. The summed E-state index contributed by atoms with van der Waals surface area (Å²) in [7, 11) is 1.91. The fourth-order valence-electron chi connectivity index (χ4n) is 4.04. The molecule has 0 radical (unpaired) electrons. The number of fused-ring (bicyclic) bond motifs is 2. The average Bonchev–Trinajstić information content (AvgIpc) is 3.04. The zero-order valence-electron chi connectivity index (χ0n) is 18.1. The van der Waals surface area contributed by atoms with Crippen LogP contribution in [0.1, 0.15) is 37.9 Å². The number of hydrogen-bond acceptors (Lipinski definition) is 5. The van der Waals surface area contributed by atoms with Crippen LogP contribution in [0.25, 0.3) is 11.0 Å². The molecule has 0 spiro atoms. The van der Waals surface area contributed by atoms with Crippen molar-refractivity contribution in [2.75, 3.05) is 11.4 Å². The quantitative estimate of drug-likeness (QED) is 0.678. The Morgan fingerprint density at radius 2 is 2.07 bits per heavy atom. The first-order valence-electron chi connectivity index (χ1n) is 10.6. The lowest BCUT2D eigenvalue weighted by molar-refractivity contribution is -0.128. The van der Waals surface area contributed by atoms with Gasteiger partial charge in [0.25, 0.3) is 5.91 Å². The minimum absolute atomic E-state index is 0.0557. The van der Waals surface area contributed by atoms with E-state index in [2.05, 4.69) is 40.2 Å². The minimum atomic E-state index is -0.544. The summed E-state index contributed by atoms with van der Waals surface area (Å²) < 4.78 is 7.86. The molecule has 0 saturated carbocycles. The van der Waals surface area contributed by atoms with E-state index < -0.39 is 6.10 Å². The number of ether oxygens (including phenoxy) is 1. The van der Waals surface area contributed by atoms with Crippen LogP contribution in [0.2, 0.25) is 0 Å². The summed E-state index contributed by atoms with van der Waals surface area (Å²) in [5.41, 5.74) is 3.91. The van der Waals surface area contributed by atoms with E-state index in [1.54, 1.807) is 4.68 Å². The topological polar surface area (TPSA) is 72.3 Å². The number of pyridine rings is 1. The minimum Gasteiger partial charge on any atom is -0.477 e. The van der Waals surface area contributed by atoms with E-state index in [0.717, 1.165) is 46.6 Å². The second-order valence-corrected chi connectivity index (χ2v) is 7.90. The molecule has 7 nitrogen and oxygen atoms in total. The predicted octanol–water partition coefficient (Wildman–Crippen LogP) is 3.35. The number of hydrogen-bond donors (Lipinski definition) is 1. The van der Waals surface area contributed by atoms with Gasteiger partial charge in [0, 0.05) is 31.2 Å². The average molecular weight is 408 g/mol. The number of aromatic nitrogens is 3. The van der Waals surface area contributed by atoms with Gasteiger partial charge in [0.1, 0.15) is 5.75 Å². The van der Waals surface area contributed by atoms with Crippen molar-refractivity contribution in [3.63, 3.8) is 0 Å². The molecular formula is C23H29N5O2. The highest BCUT2D eigenvalue weighted by molar-refractivity contribution is 5.83.